The molecule has 0 aromatic heterocycles. The zero-order chi connectivity index (χ0) is 13.8. The quantitative estimate of drug-likeness (QED) is 0.868. The molecule has 19 heavy (non-hydrogen) atoms. The first-order chi connectivity index (χ1) is 9.11. The van der Waals surface area contributed by atoms with E-state index in [-0.39, 0.29) is 6.04 Å². The highest BCUT2D eigenvalue weighted by atomic mass is 35.5. The first kappa shape index (κ1) is 14.7. The fourth-order valence-electron chi connectivity index (χ4n) is 2.85. The van der Waals surface area contributed by atoms with Crippen molar-refractivity contribution in [1.82, 2.24) is 0 Å². The van der Waals surface area contributed by atoms with Crippen molar-refractivity contribution in [3.05, 3.63) is 28.8 Å². The van der Waals surface area contributed by atoms with Crippen molar-refractivity contribution >= 4 is 11.6 Å². The van der Waals surface area contributed by atoms with E-state index in [0.29, 0.717) is 17.0 Å². The predicted molar refractivity (Wildman–Crippen MR) is 80.7 cm³/mol. The summed E-state index contributed by atoms with van der Waals surface area (Å²) in [5, 5.41) is 0.676. The Balaban J connectivity index is 2.09. The van der Waals surface area contributed by atoms with Crippen molar-refractivity contribution in [3.63, 3.8) is 0 Å². The molecule has 106 valence electrons. The number of benzene rings is 1. The molecule has 1 aliphatic carbocycles. The summed E-state index contributed by atoms with van der Waals surface area (Å²) in [6, 6.07) is 5.90. The van der Waals surface area contributed by atoms with Crippen molar-refractivity contribution < 1.29 is 4.74 Å². The Hall–Kier alpha value is -0.730. The van der Waals surface area contributed by atoms with Crippen LogP contribution in [-0.4, -0.2) is 6.10 Å². The van der Waals surface area contributed by atoms with Crippen LogP contribution < -0.4 is 10.5 Å². The molecule has 1 aliphatic rings. The largest absolute Gasteiger partial charge is 0.489 e. The highest BCUT2D eigenvalue weighted by Crippen LogP contribution is 2.34. The molecule has 1 fully saturated rings. The van der Waals surface area contributed by atoms with E-state index in [4.69, 9.17) is 22.1 Å². The Kier molecular flexibility index (Phi) is 5.12. The third-order valence-corrected chi connectivity index (χ3v) is 4.42. The van der Waals surface area contributed by atoms with Gasteiger partial charge in [0.2, 0.25) is 0 Å². The zero-order valence-electron chi connectivity index (χ0n) is 11.9. The number of hydrogen-bond donors (Lipinski definition) is 1. The van der Waals surface area contributed by atoms with Gasteiger partial charge in [-0.1, -0.05) is 31.0 Å². The third-order valence-electron chi connectivity index (χ3n) is 4.12. The second kappa shape index (κ2) is 6.62. The first-order valence-corrected chi connectivity index (χ1v) is 7.71. The lowest BCUT2D eigenvalue weighted by atomic mass is 9.85. The third kappa shape index (κ3) is 3.64. The minimum atomic E-state index is 0.00428. The topological polar surface area (TPSA) is 35.2 Å². The average Bonchev–Trinajstić information content (AvgIpc) is 2.41. The Morgan fingerprint density at radius 3 is 2.74 bits per heavy atom. The van der Waals surface area contributed by atoms with Gasteiger partial charge in [-0.2, -0.15) is 0 Å². The van der Waals surface area contributed by atoms with Crippen LogP contribution in [0.5, 0.6) is 5.75 Å². The normalized spacial score (nSPS) is 25.1. The summed E-state index contributed by atoms with van der Waals surface area (Å²) in [6.07, 6.45) is 6.50. The molecule has 0 radical (unpaired) electrons. The summed E-state index contributed by atoms with van der Waals surface area (Å²) in [5.41, 5.74) is 6.91. The first-order valence-electron chi connectivity index (χ1n) is 7.33. The fourth-order valence-corrected chi connectivity index (χ4v) is 3.09. The molecule has 1 aromatic rings. The van der Waals surface area contributed by atoms with Gasteiger partial charge in [0, 0.05) is 6.04 Å². The number of halogens is 1. The van der Waals surface area contributed by atoms with Gasteiger partial charge < -0.3 is 10.5 Å². The number of hydrogen-bond acceptors (Lipinski definition) is 2. The van der Waals surface area contributed by atoms with E-state index in [2.05, 4.69) is 6.92 Å². The lowest BCUT2D eigenvalue weighted by molar-refractivity contribution is 0.0904. The summed E-state index contributed by atoms with van der Waals surface area (Å²) < 4.78 is 6.15. The number of nitrogens with two attached hydrogens (primary N) is 1. The molecule has 2 rings (SSSR count). The maximum atomic E-state index is 6.30. The van der Waals surface area contributed by atoms with Crippen LogP contribution in [0.2, 0.25) is 5.02 Å². The lowest BCUT2D eigenvalue weighted by Gasteiger charge is -2.31. The van der Waals surface area contributed by atoms with Gasteiger partial charge in [0.15, 0.2) is 0 Å². The Morgan fingerprint density at radius 2 is 2.11 bits per heavy atom. The van der Waals surface area contributed by atoms with Gasteiger partial charge in [0.1, 0.15) is 11.9 Å². The molecular weight excluding hydrogens is 258 g/mol. The number of ether oxygens (including phenoxy) is 1. The molecule has 0 bridgehead atoms. The van der Waals surface area contributed by atoms with Crippen molar-refractivity contribution in [3.8, 4) is 5.75 Å². The van der Waals surface area contributed by atoms with Crippen LogP contribution in [0.15, 0.2) is 18.2 Å². The van der Waals surface area contributed by atoms with Crippen LogP contribution >= 0.6 is 11.6 Å². The predicted octanol–water partition coefficient (Wildman–Crippen LogP) is 4.71. The van der Waals surface area contributed by atoms with E-state index in [1.54, 1.807) is 0 Å². The van der Waals surface area contributed by atoms with Crippen LogP contribution in [-0.2, 0) is 0 Å². The summed E-state index contributed by atoms with van der Waals surface area (Å²) in [6.45, 7) is 4.20. The SMILES string of the molecule is CCC1CCCCC1Oc1ccc(C(C)N)cc1Cl. The minimum Gasteiger partial charge on any atom is -0.489 e. The molecule has 3 atom stereocenters. The van der Waals surface area contributed by atoms with Crippen molar-refractivity contribution in [2.75, 3.05) is 0 Å². The van der Waals surface area contributed by atoms with E-state index in [1.807, 2.05) is 25.1 Å². The maximum absolute atomic E-state index is 6.30. The van der Waals surface area contributed by atoms with Gasteiger partial charge in [0.25, 0.3) is 0 Å². The Bertz CT molecular complexity index is 419. The molecule has 0 saturated heterocycles. The second-order valence-corrected chi connectivity index (χ2v) is 5.99. The molecule has 0 amide bonds. The average molecular weight is 282 g/mol. The van der Waals surface area contributed by atoms with Gasteiger partial charge in [0.05, 0.1) is 5.02 Å². The molecule has 1 saturated carbocycles. The van der Waals surface area contributed by atoms with Gasteiger partial charge in [-0.25, -0.2) is 0 Å². The Labute approximate surface area is 121 Å². The van der Waals surface area contributed by atoms with Crippen molar-refractivity contribution in [1.29, 1.82) is 0 Å². The standard InChI is InChI=1S/C16H24ClNO/c1-3-12-6-4-5-7-15(12)19-16-9-8-13(11(2)18)10-14(16)17/h8-12,15H,3-7,18H2,1-2H3. The van der Waals surface area contributed by atoms with Crippen LogP contribution in [0.25, 0.3) is 0 Å². The molecule has 2 nitrogen and oxygen atoms in total. The van der Waals surface area contributed by atoms with Gasteiger partial charge >= 0.3 is 0 Å². The summed E-state index contributed by atoms with van der Waals surface area (Å²) >= 11 is 6.30. The summed E-state index contributed by atoms with van der Waals surface area (Å²) in [7, 11) is 0. The van der Waals surface area contributed by atoms with Crippen molar-refractivity contribution in [2.45, 2.75) is 58.1 Å². The van der Waals surface area contributed by atoms with E-state index >= 15 is 0 Å². The zero-order valence-corrected chi connectivity index (χ0v) is 12.6. The lowest BCUT2D eigenvalue weighted by Crippen LogP contribution is -2.30. The fraction of sp³-hybridized carbons (Fsp3) is 0.625. The maximum Gasteiger partial charge on any atom is 0.138 e. The van der Waals surface area contributed by atoms with Gasteiger partial charge in [-0.3, -0.25) is 0 Å². The smallest absolute Gasteiger partial charge is 0.138 e. The monoisotopic (exact) mass is 281 g/mol. The summed E-state index contributed by atoms with van der Waals surface area (Å²) in [5.74, 6) is 1.47. The molecule has 1 aromatic carbocycles. The van der Waals surface area contributed by atoms with Gasteiger partial charge in [-0.15, -0.1) is 0 Å². The highest BCUT2D eigenvalue weighted by molar-refractivity contribution is 6.32. The molecular formula is C16H24ClNO. The van der Waals surface area contributed by atoms with E-state index < -0.39 is 0 Å². The molecule has 0 spiro atoms. The van der Waals surface area contributed by atoms with E-state index in [0.717, 1.165) is 17.7 Å². The molecule has 2 N–H and O–H groups in total. The summed E-state index contributed by atoms with van der Waals surface area (Å²) in [4.78, 5) is 0. The van der Waals surface area contributed by atoms with Crippen LogP contribution in [0.1, 0.15) is 57.6 Å². The second-order valence-electron chi connectivity index (χ2n) is 5.59. The molecule has 3 unspecified atom stereocenters. The highest BCUT2D eigenvalue weighted by Gasteiger charge is 2.25. The van der Waals surface area contributed by atoms with Gasteiger partial charge in [-0.05, 0) is 56.2 Å². The van der Waals surface area contributed by atoms with Crippen LogP contribution in [0.3, 0.4) is 0 Å². The van der Waals surface area contributed by atoms with Crippen LogP contribution in [0.4, 0.5) is 0 Å². The molecule has 0 heterocycles. The minimum absolute atomic E-state index is 0.00428. The van der Waals surface area contributed by atoms with E-state index in [9.17, 15) is 0 Å². The van der Waals surface area contributed by atoms with E-state index in [1.165, 1.54) is 25.7 Å². The van der Waals surface area contributed by atoms with Crippen LogP contribution in [0, 0.1) is 5.92 Å². The van der Waals surface area contributed by atoms with Crippen molar-refractivity contribution in [2.24, 2.45) is 11.7 Å². The Morgan fingerprint density at radius 1 is 1.37 bits per heavy atom. The molecule has 3 heteroatoms. The molecule has 0 aliphatic heterocycles. The number of rotatable bonds is 4.